The molecule has 0 radical (unpaired) electrons. The lowest BCUT2D eigenvalue weighted by Crippen LogP contribution is -2.31. The van der Waals surface area contributed by atoms with Crippen molar-refractivity contribution >= 4 is 29.1 Å². The lowest BCUT2D eigenvalue weighted by molar-refractivity contribution is -0.114. The summed E-state index contributed by atoms with van der Waals surface area (Å²) >= 11 is 6.31. The topological polar surface area (TPSA) is 62.3 Å². The predicted molar refractivity (Wildman–Crippen MR) is 122 cm³/mol. The van der Waals surface area contributed by atoms with Crippen LogP contribution in [0.25, 0.3) is 0 Å². The summed E-state index contributed by atoms with van der Waals surface area (Å²) in [6, 6.07) is 20.7. The molecule has 1 atom stereocenters. The maximum atomic E-state index is 13.2. The van der Waals surface area contributed by atoms with E-state index in [2.05, 4.69) is 5.32 Å². The lowest BCUT2D eigenvalue weighted by Gasteiger charge is -2.25. The van der Waals surface area contributed by atoms with Crippen LogP contribution in [0, 0.1) is 0 Å². The van der Waals surface area contributed by atoms with Crippen molar-refractivity contribution in [2.24, 2.45) is 0 Å². The summed E-state index contributed by atoms with van der Waals surface area (Å²) in [4.78, 5) is 31.1. The van der Waals surface area contributed by atoms with Crippen molar-refractivity contribution in [3.8, 4) is 0 Å². The number of benzene rings is 2. The molecule has 1 aliphatic rings. The second-order valence-corrected chi connectivity index (χ2v) is 8.14. The van der Waals surface area contributed by atoms with Gasteiger partial charge in [-0.05, 0) is 60.9 Å². The molecule has 3 aromatic rings. The predicted octanol–water partition coefficient (Wildman–Crippen LogP) is 5.26. The second kappa shape index (κ2) is 9.31. The molecule has 1 N–H and O–H groups in total. The number of anilines is 1. The van der Waals surface area contributed by atoms with Crippen LogP contribution in [0.3, 0.4) is 0 Å². The van der Waals surface area contributed by atoms with Crippen molar-refractivity contribution in [3.63, 3.8) is 0 Å². The van der Waals surface area contributed by atoms with Crippen molar-refractivity contribution in [2.45, 2.75) is 32.2 Å². The average Bonchev–Trinajstić information content (AvgIpc) is 3.25. The third-order valence-electron chi connectivity index (χ3n) is 5.47. The normalized spacial score (nSPS) is 15.7. The van der Waals surface area contributed by atoms with E-state index in [9.17, 15) is 9.59 Å². The zero-order valence-corrected chi connectivity index (χ0v) is 18.1. The van der Waals surface area contributed by atoms with Crippen molar-refractivity contribution in [3.05, 3.63) is 94.3 Å². The Hall–Kier alpha value is -3.18. The van der Waals surface area contributed by atoms with E-state index in [1.54, 1.807) is 24.3 Å². The van der Waals surface area contributed by atoms with Gasteiger partial charge in [0.1, 0.15) is 0 Å². The minimum absolute atomic E-state index is 0.0184. The summed E-state index contributed by atoms with van der Waals surface area (Å²) in [7, 11) is 0. The van der Waals surface area contributed by atoms with Crippen LogP contribution >= 0.6 is 11.6 Å². The van der Waals surface area contributed by atoms with E-state index < -0.39 is 0 Å². The molecule has 4 rings (SSSR count). The average molecular weight is 434 g/mol. The van der Waals surface area contributed by atoms with Crippen LogP contribution in [0.2, 0.25) is 5.02 Å². The fraction of sp³-hybridized carbons (Fsp3) is 0.240. The van der Waals surface area contributed by atoms with Crippen LogP contribution in [0.1, 0.15) is 53.1 Å². The summed E-state index contributed by atoms with van der Waals surface area (Å²) in [5.74, 6) is -0.156. The summed E-state index contributed by atoms with van der Waals surface area (Å²) < 4.78 is 0. The fourth-order valence-corrected chi connectivity index (χ4v) is 4.20. The number of aromatic nitrogens is 1. The molecule has 158 valence electrons. The first-order chi connectivity index (χ1) is 15.0. The molecule has 5 nitrogen and oxygen atoms in total. The van der Waals surface area contributed by atoms with Gasteiger partial charge in [0, 0.05) is 41.9 Å². The highest BCUT2D eigenvalue weighted by Gasteiger charge is 2.31. The monoisotopic (exact) mass is 433 g/mol. The molecule has 0 bridgehead atoms. The zero-order valence-electron chi connectivity index (χ0n) is 17.3. The van der Waals surface area contributed by atoms with Gasteiger partial charge >= 0.3 is 0 Å². The Morgan fingerprint density at radius 1 is 1.06 bits per heavy atom. The molecule has 2 aromatic carbocycles. The molecule has 1 aliphatic heterocycles. The molecule has 2 amide bonds. The second-order valence-electron chi connectivity index (χ2n) is 7.74. The molecular formula is C25H24ClN3O2. The number of rotatable bonds is 5. The van der Waals surface area contributed by atoms with Gasteiger partial charge in [0.05, 0.1) is 11.7 Å². The summed E-state index contributed by atoms with van der Waals surface area (Å²) in [5.41, 5.74) is 4.16. The Morgan fingerprint density at radius 3 is 2.58 bits per heavy atom. The van der Waals surface area contributed by atoms with Gasteiger partial charge in [-0.25, -0.2) is 0 Å². The molecule has 0 aliphatic carbocycles. The third-order valence-corrected chi connectivity index (χ3v) is 5.83. The number of carbonyl (C=O) groups is 2. The largest absolute Gasteiger partial charge is 0.330 e. The van der Waals surface area contributed by atoms with Crippen LogP contribution in [-0.4, -0.2) is 28.2 Å². The Kier molecular flexibility index (Phi) is 6.33. The van der Waals surface area contributed by atoms with Crippen molar-refractivity contribution in [1.82, 2.24) is 9.88 Å². The minimum Gasteiger partial charge on any atom is -0.330 e. The van der Waals surface area contributed by atoms with Gasteiger partial charge < -0.3 is 10.2 Å². The summed E-state index contributed by atoms with van der Waals surface area (Å²) in [6.07, 6.45) is 2.48. The first kappa shape index (κ1) is 21.1. The van der Waals surface area contributed by atoms with Gasteiger partial charge in [-0.1, -0.05) is 35.9 Å². The van der Waals surface area contributed by atoms with E-state index >= 15 is 0 Å². The summed E-state index contributed by atoms with van der Waals surface area (Å²) in [5, 5.41) is 3.45. The van der Waals surface area contributed by atoms with Gasteiger partial charge in [-0.15, -0.1) is 0 Å². The number of nitrogens with one attached hydrogen (secondary N) is 1. The number of nitrogens with zero attached hydrogens (tertiary/aromatic N) is 2. The molecule has 1 aromatic heterocycles. The maximum absolute atomic E-state index is 13.2. The molecule has 0 spiro atoms. The van der Waals surface area contributed by atoms with E-state index in [-0.39, 0.29) is 17.9 Å². The van der Waals surface area contributed by atoms with E-state index in [1.807, 2.05) is 47.4 Å². The Labute approximate surface area is 187 Å². The molecule has 1 fully saturated rings. The number of pyridine rings is 1. The van der Waals surface area contributed by atoms with Crippen LogP contribution in [0.15, 0.2) is 66.7 Å². The first-order valence-electron chi connectivity index (χ1n) is 10.4. The first-order valence-corrected chi connectivity index (χ1v) is 10.8. The van der Waals surface area contributed by atoms with Gasteiger partial charge in [-0.3, -0.25) is 14.6 Å². The SMILES string of the molecule is CC(=O)Nc1ccc(C(=O)N2CCC[C@H]2c2cccc(Cc3ccccc3Cl)n2)cc1. The number of halogens is 1. The molecule has 6 heteroatoms. The van der Waals surface area contributed by atoms with E-state index in [0.29, 0.717) is 24.2 Å². The minimum atomic E-state index is -0.138. The standard InChI is InChI=1S/C25H24ClN3O2/c1-17(30)27-20-13-11-18(12-14-20)25(31)29-15-5-10-24(29)23-9-4-7-21(28-23)16-19-6-2-3-8-22(19)26/h2-4,6-9,11-14,24H,5,10,15-16H2,1H3,(H,27,30)/t24-/m0/s1. The third kappa shape index (κ3) is 4.94. The quantitative estimate of drug-likeness (QED) is 0.596. The molecule has 0 unspecified atom stereocenters. The molecular weight excluding hydrogens is 410 g/mol. The highest BCUT2D eigenvalue weighted by Crippen LogP contribution is 2.32. The van der Waals surface area contributed by atoms with E-state index in [0.717, 1.165) is 34.8 Å². The highest BCUT2D eigenvalue weighted by molar-refractivity contribution is 6.31. The highest BCUT2D eigenvalue weighted by atomic mass is 35.5. The van der Waals surface area contributed by atoms with E-state index in [4.69, 9.17) is 16.6 Å². The van der Waals surface area contributed by atoms with Crippen LogP contribution < -0.4 is 5.32 Å². The number of hydrogen-bond acceptors (Lipinski definition) is 3. The fourth-order valence-electron chi connectivity index (χ4n) is 4.00. The van der Waals surface area contributed by atoms with Gasteiger partial charge in [-0.2, -0.15) is 0 Å². The summed E-state index contributed by atoms with van der Waals surface area (Å²) in [6.45, 7) is 2.16. The number of hydrogen-bond donors (Lipinski definition) is 1. The lowest BCUT2D eigenvalue weighted by atomic mass is 10.1. The van der Waals surface area contributed by atoms with Crippen LogP contribution in [-0.2, 0) is 11.2 Å². The van der Waals surface area contributed by atoms with Gasteiger partial charge in [0.25, 0.3) is 5.91 Å². The van der Waals surface area contributed by atoms with Gasteiger partial charge in [0.15, 0.2) is 0 Å². The van der Waals surface area contributed by atoms with E-state index in [1.165, 1.54) is 6.92 Å². The maximum Gasteiger partial charge on any atom is 0.254 e. The molecule has 0 saturated carbocycles. The molecule has 31 heavy (non-hydrogen) atoms. The zero-order chi connectivity index (χ0) is 21.8. The van der Waals surface area contributed by atoms with Crippen molar-refractivity contribution < 1.29 is 9.59 Å². The van der Waals surface area contributed by atoms with Crippen molar-refractivity contribution in [2.75, 3.05) is 11.9 Å². The Bertz CT molecular complexity index is 1100. The number of amides is 2. The molecule has 1 saturated heterocycles. The van der Waals surface area contributed by atoms with Crippen LogP contribution in [0.4, 0.5) is 5.69 Å². The van der Waals surface area contributed by atoms with Crippen LogP contribution in [0.5, 0.6) is 0 Å². The number of likely N-dealkylation sites (tertiary alicyclic amines) is 1. The van der Waals surface area contributed by atoms with Gasteiger partial charge in [0.2, 0.25) is 5.91 Å². The molecule has 2 heterocycles. The van der Waals surface area contributed by atoms with Crippen molar-refractivity contribution in [1.29, 1.82) is 0 Å². The Balaban J connectivity index is 1.52. The number of carbonyl (C=O) groups excluding carboxylic acids is 2. The smallest absolute Gasteiger partial charge is 0.254 e. The Morgan fingerprint density at radius 2 is 1.84 bits per heavy atom.